The molecule has 2 heterocycles. The van der Waals surface area contributed by atoms with Gasteiger partial charge in [0.2, 0.25) is 0 Å². The first-order valence-electron chi connectivity index (χ1n) is 8.03. The van der Waals surface area contributed by atoms with Crippen LogP contribution in [0.5, 0.6) is 5.75 Å². The van der Waals surface area contributed by atoms with Crippen LogP contribution in [0.15, 0.2) is 42.6 Å². The van der Waals surface area contributed by atoms with Crippen molar-refractivity contribution in [3.05, 3.63) is 42.6 Å². The van der Waals surface area contributed by atoms with Crippen molar-refractivity contribution in [3.63, 3.8) is 0 Å². The zero-order chi connectivity index (χ0) is 17.8. The maximum atomic E-state index is 11.1. The van der Waals surface area contributed by atoms with Crippen LogP contribution in [0.4, 0.5) is 22.0 Å². The molecule has 1 aromatic heterocycles. The number of carbonyl (C=O) groups excluding carboxylic acids is 1. The second kappa shape index (κ2) is 7.27. The van der Waals surface area contributed by atoms with Crippen LogP contribution < -0.4 is 31.1 Å². The summed E-state index contributed by atoms with van der Waals surface area (Å²) in [6.45, 7) is 3.53. The van der Waals surface area contributed by atoms with E-state index in [-0.39, 0.29) is 0 Å². The molecule has 2 amide bonds. The standard InChI is InChI=1S/C17H22N6O2/c1-25-15-5-2-13(3-6-15)21-8-10-22(11-9-21)16-7-4-14(12-20-16)23(19)17(18)24/h2-7,12H,8-11,19H2,1H3,(H2,18,24). The summed E-state index contributed by atoms with van der Waals surface area (Å²) in [5.74, 6) is 7.27. The molecule has 25 heavy (non-hydrogen) atoms. The lowest BCUT2D eigenvalue weighted by atomic mass is 10.2. The fourth-order valence-electron chi connectivity index (χ4n) is 2.82. The SMILES string of the molecule is COc1ccc(N2CCN(c3ccc(N(N)C(N)=O)cn3)CC2)cc1. The lowest BCUT2D eigenvalue weighted by Crippen LogP contribution is -2.47. The van der Waals surface area contributed by atoms with Crippen molar-refractivity contribution in [2.24, 2.45) is 11.6 Å². The van der Waals surface area contributed by atoms with E-state index in [4.69, 9.17) is 16.3 Å². The van der Waals surface area contributed by atoms with Crippen molar-refractivity contribution in [3.8, 4) is 5.75 Å². The van der Waals surface area contributed by atoms with Crippen molar-refractivity contribution >= 4 is 23.2 Å². The summed E-state index contributed by atoms with van der Waals surface area (Å²) in [7, 11) is 1.67. The van der Waals surface area contributed by atoms with Gasteiger partial charge >= 0.3 is 6.03 Å². The Bertz CT molecular complexity index is 711. The zero-order valence-corrected chi connectivity index (χ0v) is 14.1. The van der Waals surface area contributed by atoms with Gasteiger partial charge in [0.15, 0.2) is 0 Å². The minimum absolute atomic E-state index is 0.466. The predicted octanol–water partition coefficient (Wildman–Crippen LogP) is 1.18. The Labute approximate surface area is 146 Å². The number of methoxy groups -OCH3 is 1. The van der Waals surface area contributed by atoms with E-state index >= 15 is 0 Å². The molecule has 1 fully saturated rings. The number of ether oxygens (including phenoxy) is 1. The lowest BCUT2D eigenvalue weighted by molar-refractivity contribution is 0.254. The van der Waals surface area contributed by atoms with Crippen LogP contribution in [0, 0.1) is 0 Å². The molecule has 0 atom stereocenters. The van der Waals surface area contributed by atoms with E-state index < -0.39 is 6.03 Å². The summed E-state index contributed by atoms with van der Waals surface area (Å²) in [5.41, 5.74) is 6.80. The van der Waals surface area contributed by atoms with E-state index in [1.165, 1.54) is 5.69 Å². The van der Waals surface area contributed by atoms with Gasteiger partial charge in [-0.2, -0.15) is 0 Å². The van der Waals surface area contributed by atoms with Crippen LogP contribution in [0.1, 0.15) is 0 Å². The molecule has 3 rings (SSSR count). The number of pyridine rings is 1. The number of hydrazine groups is 1. The van der Waals surface area contributed by atoms with Gasteiger partial charge in [0.25, 0.3) is 0 Å². The van der Waals surface area contributed by atoms with Crippen molar-refractivity contribution in [1.82, 2.24) is 4.98 Å². The molecule has 2 aromatic rings. The summed E-state index contributed by atoms with van der Waals surface area (Å²) in [6.07, 6.45) is 1.55. The van der Waals surface area contributed by atoms with Gasteiger partial charge in [-0.25, -0.2) is 20.6 Å². The van der Waals surface area contributed by atoms with Gasteiger partial charge in [0, 0.05) is 31.9 Å². The van der Waals surface area contributed by atoms with Crippen LogP contribution in [-0.4, -0.2) is 44.3 Å². The molecule has 0 radical (unpaired) electrons. The first-order valence-corrected chi connectivity index (χ1v) is 8.03. The van der Waals surface area contributed by atoms with E-state index in [9.17, 15) is 4.79 Å². The number of piperazine rings is 1. The average molecular weight is 342 g/mol. The van der Waals surface area contributed by atoms with Crippen LogP contribution >= 0.6 is 0 Å². The summed E-state index contributed by atoms with van der Waals surface area (Å²) < 4.78 is 5.20. The molecule has 4 N–H and O–H groups in total. The van der Waals surface area contributed by atoms with Crippen molar-refractivity contribution in [1.29, 1.82) is 0 Å². The fraction of sp³-hybridized carbons (Fsp3) is 0.294. The molecule has 0 aliphatic carbocycles. The van der Waals surface area contributed by atoms with Crippen molar-refractivity contribution in [2.75, 3.05) is 48.1 Å². The monoisotopic (exact) mass is 342 g/mol. The van der Waals surface area contributed by atoms with Gasteiger partial charge < -0.3 is 20.3 Å². The van der Waals surface area contributed by atoms with Gasteiger partial charge in [0.05, 0.1) is 19.0 Å². The van der Waals surface area contributed by atoms with E-state index in [2.05, 4.69) is 26.9 Å². The second-order valence-corrected chi connectivity index (χ2v) is 5.75. The molecular formula is C17H22N6O2. The minimum atomic E-state index is -0.720. The second-order valence-electron chi connectivity index (χ2n) is 5.75. The van der Waals surface area contributed by atoms with Gasteiger partial charge in [-0.15, -0.1) is 0 Å². The van der Waals surface area contributed by atoms with Gasteiger partial charge in [-0.05, 0) is 36.4 Å². The number of primary amides is 1. The normalized spacial score (nSPS) is 14.3. The average Bonchev–Trinajstić information content (AvgIpc) is 2.67. The minimum Gasteiger partial charge on any atom is -0.497 e. The maximum absolute atomic E-state index is 11.1. The van der Waals surface area contributed by atoms with Crippen LogP contribution in [-0.2, 0) is 0 Å². The number of amides is 2. The number of anilines is 3. The number of aromatic nitrogens is 1. The summed E-state index contributed by atoms with van der Waals surface area (Å²) in [5, 5.41) is 0.873. The smallest absolute Gasteiger partial charge is 0.333 e. The Morgan fingerprint density at radius 2 is 1.72 bits per heavy atom. The Morgan fingerprint density at radius 1 is 1.08 bits per heavy atom. The third kappa shape index (κ3) is 3.74. The lowest BCUT2D eigenvalue weighted by Gasteiger charge is -2.36. The highest BCUT2D eigenvalue weighted by molar-refractivity contribution is 5.89. The first kappa shape index (κ1) is 16.8. The number of hydrogen-bond donors (Lipinski definition) is 2. The molecule has 0 saturated carbocycles. The Kier molecular flexibility index (Phi) is 4.90. The van der Waals surface area contributed by atoms with Crippen LogP contribution in [0.25, 0.3) is 0 Å². The largest absolute Gasteiger partial charge is 0.497 e. The number of hydrogen-bond acceptors (Lipinski definition) is 6. The predicted molar refractivity (Wildman–Crippen MR) is 97.9 cm³/mol. The van der Waals surface area contributed by atoms with E-state index in [0.29, 0.717) is 5.69 Å². The quantitative estimate of drug-likeness (QED) is 0.491. The molecular weight excluding hydrogens is 320 g/mol. The van der Waals surface area contributed by atoms with Crippen molar-refractivity contribution in [2.45, 2.75) is 0 Å². The number of nitrogens with two attached hydrogens (primary N) is 2. The first-order chi connectivity index (χ1) is 12.1. The highest BCUT2D eigenvalue weighted by Gasteiger charge is 2.19. The summed E-state index contributed by atoms with van der Waals surface area (Å²) >= 11 is 0. The molecule has 1 aliphatic rings. The van der Waals surface area contributed by atoms with E-state index in [1.807, 2.05) is 18.2 Å². The number of nitrogens with zero attached hydrogens (tertiary/aromatic N) is 4. The molecule has 8 nitrogen and oxygen atoms in total. The zero-order valence-electron chi connectivity index (χ0n) is 14.1. The Balaban J connectivity index is 1.60. The van der Waals surface area contributed by atoms with E-state index in [1.54, 1.807) is 19.4 Å². The fourth-order valence-corrected chi connectivity index (χ4v) is 2.82. The van der Waals surface area contributed by atoms with E-state index in [0.717, 1.165) is 42.8 Å². The summed E-state index contributed by atoms with van der Waals surface area (Å²) in [4.78, 5) is 20.0. The molecule has 0 spiro atoms. The number of carbonyl (C=O) groups is 1. The van der Waals surface area contributed by atoms with Gasteiger partial charge in [-0.3, -0.25) is 0 Å². The highest BCUT2D eigenvalue weighted by atomic mass is 16.5. The van der Waals surface area contributed by atoms with Gasteiger partial charge in [-0.1, -0.05) is 0 Å². The molecule has 8 heteroatoms. The topological polar surface area (TPSA) is 101 Å². The molecule has 1 aliphatic heterocycles. The third-order valence-electron chi connectivity index (χ3n) is 4.29. The molecule has 0 bridgehead atoms. The summed E-state index contributed by atoms with van der Waals surface area (Å²) in [6, 6.07) is 11.0. The maximum Gasteiger partial charge on any atom is 0.333 e. The molecule has 1 aromatic carbocycles. The molecule has 0 unspecified atom stereocenters. The number of urea groups is 1. The van der Waals surface area contributed by atoms with Gasteiger partial charge in [0.1, 0.15) is 11.6 Å². The Hall–Kier alpha value is -3.00. The van der Waals surface area contributed by atoms with Crippen molar-refractivity contribution < 1.29 is 9.53 Å². The number of benzene rings is 1. The number of rotatable bonds is 4. The highest BCUT2D eigenvalue weighted by Crippen LogP contribution is 2.22. The Morgan fingerprint density at radius 3 is 2.24 bits per heavy atom. The van der Waals surface area contributed by atoms with Crippen LogP contribution in [0.3, 0.4) is 0 Å². The molecule has 1 saturated heterocycles. The third-order valence-corrected chi connectivity index (χ3v) is 4.29. The molecule has 132 valence electrons. The van der Waals surface area contributed by atoms with Crippen LogP contribution in [0.2, 0.25) is 0 Å².